The maximum absolute atomic E-state index is 14.9. The van der Waals surface area contributed by atoms with E-state index in [4.69, 9.17) is 10.7 Å². The van der Waals surface area contributed by atoms with Crippen molar-refractivity contribution in [3.63, 3.8) is 0 Å². The second kappa shape index (κ2) is 5.76. The molecule has 1 heterocycles. The average Bonchev–Trinajstić information content (AvgIpc) is 2.90. The largest absolute Gasteiger partial charge is 0.238 e. The second-order valence-corrected chi connectivity index (χ2v) is 7.65. The molecule has 134 valence electrons. The van der Waals surface area contributed by atoms with E-state index in [1.165, 1.54) is 12.3 Å². The fourth-order valence-electron chi connectivity index (χ4n) is 4.42. The Balaban J connectivity index is 2.07. The van der Waals surface area contributed by atoms with Crippen LogP contribution in [0, 0.1) is 26.2 Å². The Morgan fingerprint density at radius 2 is 1.85 bits per heavy atom. The molecule has 0 unspecified atom stereocenters. The summed E-state index contributed by atoms with van der Waals surface area (Å²) < 4.78 is 39.3. The Labute approximate surface area is 164 Å². The van der Waals surface area contributed by atoms with Crippen LogP contribution < -0.4 is 4.57 Å². The van der Waals surface area contributed by atoms with E-state index in [1.807, 2.05) is 31.2 Å². The van der Waals surface area contributed by atoms with Crippen molar-refractivity contribution in [1.82, 2.24) is 0 Å². The normalized spacial score (nSPS) is 15.9. The van der Waals surface area contributed by atoms with Crippen molar-refractivity contribution in [2.45, 2.75) is 33.0 Å². The molecule has 2 aromatic carbocycles. The lowest BCUT2D eigenvalue weighted by Gasteiger charge is -2.25. The molecule has 0 saturated carbocycles. The van der Waals surface area contributed by atoms with Gasteiger partial charge in [-0.25, -0.2) is 13.8 Å². The zero-order chi connectivity index (χ0) is 22.0. The first-order valence-corrected chi connectivity index (χ1v) is 8.84. The van der Waals surface area contributed by atoms with Gasteiger partial charge < -0.3 is 0 Å². The molecular weight excluding hydrogens is 335 g/mol. The van der Waals surface area contributed by atoms with Crippen molar-refractivity contribution in [1.29, 1.82) is 0 Å². The van der Waals surface area contributed by atoms with Gasteiger partial charge in [0.1, 0.15) is 12.9 Å². The molecule has 3 aromatic rings. The number of aryl methyl sites for hydroxylation is 3. The van der Waals surface area contributed by atoms with Gasteiger partial charge in [-0.1, -0.05) is 44.2 Å². The van der Waals surface area contributed by atoms with Gasteiger partial charge in [0, 0.05) is 21.2 Å². The summed E-state index contributed by atoms with van der Waals surface area (Å²) in [5.41, 5.74) is 6.38. The number of benzene rings is 2. The third-order valence-corrected chi connectivity index (χ3v) is 5.60. The molecule has 0 atom stereocenters. The van der Waals surface area contributed by atoms with Gasteiger partial charge in [0.05, 0.1) is 12.1 Å². The van der Waals surface area contributed by atoms with E-state index in [9.17, 15) is 4.39 Å². The van der Waals surface area contributed by atoms with E-state index in [0.29, 0.717) is 11.4 Å². The quantitative estimate of drug-likeness (QED) is 0.383. The highest BCUT2D eigenvalue weighted by Gasteiger charge is 2.41. The van der Waals surface area contributed by atoms with Crippen LogP contribution >= 0.6 is 0 Å². The van der Waals surface area contributed by atoms with Gasteiger partial charge in [-0.05, 0) is 41.6 Å². The van der Waals surface area contributed by atoms with E-state index in [-0.39, 0.29) is 5.56 Å². The van der Waals surface area contributed by atoms with Crippen molar-refractivity contribution in [2.24, 2.45) is 7.05 Å². The Bertz CT molecular complexity index is 1250. The molecule has 0 aliphatic heterocycles. The molecule has 27 heavy (non-hydrogen) atoms. The van der Waals surface area contributed by atoms with E-state index in [2.05, 4.69) is 24.8 Å². The zero-order valence-electron chi connectivity index (χ0n) is 18.8. The van der Waals surface area contributed by atoms with Crippen LogP contribution in [0.3, 0.4) is 0 Å². The van der Waals surface area contributed by atoms with Crippen molar-refractivity contribution in [2.75, 3.05) is 0 Å². The summed E-state index contributed by atoms with van der Waals surface area (Å²) in [6, 6.07) is 11.1. The third-order valence-electron chi connectivity index (χ3n) is 5.60. The SMILES string of the molecule is [2H]C([2H])([2H])c1c[n+](C)c(-c2c(C)ccc3c2C(C)(C)c2c([N+]#[C-])cccc2-3)cc1F. The summed E-state index contributed by atoms with van der Waals surface area (Å²) in [4.78, 5) is 3.74. The lowest BCUT2D eigenvalue weighted by atomic mass is 9.77. The number of hydrogen-bond donors (Lipinski definition) is 0. The third kappa shape index (κ3) is 2.33. The zero-order valence-corrected chi connectivity index (χ0v) is 15.8. The molecule has 0 saturated heterocycles. The maximum atomic E-state index is 14.9. The lowest BCUT2D eigenvalue weighted by molar-refractivity contribution is -0.661. The van der Waals surface area contributed by atoms with Gasteiger partial charge in [0.2, 0.25) is 5.69 Å². The highest BCUT2D eigenvalue weighted by molar-refractivity contribution is 5.91. The lowest BCUT2D eigenvalue weighted by Crippen LogP contribution is -2.33. The van der Waals surface area contributed by atoms with Crippen LogP contribution in [0.2, 0.25) is 0 Å². The Kier molecular flexibility index (Phi) is 3.01. The first-order chi connectivity index (χ1) is 14.0. The smallest absolute Gasteiger partial charge is 0.215 e. The summed E-state index contributed by atoms with van der Waals surface area (Å²) in [6.45, 7) is 11.2. The number of nitrogens with zero attached hydrogens (tertiary/aromatic N) is 2. The molecule has 0 amide bonds. The van der Waals surface area contributed by atoms with Crippen LogP contribution in [-0.2, 0) is 12.5 Å². The van der Waals surface area contributed by atoms with Gasteiger partial charge in [-0.15, -0.1) is 0 Å². The first-order valence-electron chi connectivity index (χ1n) is 10.3. The second-order valence-electron chi connectivity index (χ2n) is 7.65. The van der Waals surface area contributed by atoms with Crippen LogP contribution in [0.1, 0.15) is 40.2 Å². The average molecular weight is 360 g/mol. The number of fused-ring (bicyclic) bond motifs is 3. The van der Waals surface area contributed by atoms with Gasteiger partial charge in [-0.3, -0.25) is 0 Å². The molecule has 0 fully saturated rings. The standard InChI is InChI=1S/C24H22FN2/c1-14-10-11-17-16-8-7-9-19(26-5)22(16)24(3,4)23(17)21(14)20-12-18(25)15(2)13-27(20)6/h7-13H,1-4,6H3/q+1/i2D3. The maximum Gasteiger partial charge on any atom is 0.215 e. The number of halogens is 1. The van der Waals surface area contributed by atoms with E-state index < -0.39 is 18.1 Å². The van der Waals surface area contributed by atoms with Gasteiger partial charge in [-0.2, -0.15) is 0 Å². The van der Waals surface area contributed by atoms with E-state index in [0.717, 1.165) is 33.4 Å². The first kappa shape index (κ1) is 14.1. The van der Waals surface area contributed by atoms with E-state index >= 15 is 0 Å². The molecule has 4 rings (SSSR count). The molecule has 2 nitrogen and oxygen atoms in total. The molecule has 0 bridgehead atoms. The molecule has 1 aromatic heterocycles. The molecule has 1 aliphatic carbocycles. The Hall–Kier alpha value is -2.99. The summed E-state index contributed by atoms with van der Waals surface area (Å²) in [7, 11) is 1.74. The number of hydrogen-bond acceptors (Lipinski definition) is 0. The van der Waals surface area contributed by atoms with Gasteiger partial charge in [0.25, 0.3) is 0 Å². The van der Waals surface area contributed by atoms with Crippen molar-refractivity contribution < 1.29 is 13.1 Å². The Morgan fingerprint density at radius 1 is 1.11 bits per heavy atom. The number of pyridine rings is 1. The van der Waals surface area contributed by atoms with Crippen LogP contribution in [0.5, 0.6) is 0 Å². The monoisotopic (exact) mass is 360 g/mol. The topological polar surface area (TPSA) is 8.24 Å². The molecule has 0 radical (unpaired) electrons. The summed E-state index contributed by atoms with van der Waals surface area (Å²) in [5, 5.41) is 0. The Morgan fingerprint density at radius 3 is 2.56 bits per heavy atom. The number of aromatic nitrogens is 1. The molecule has 0 N–H and O–H groups in total. The predicted molar refractivity (Wildman–Crippen MR) is 106 cm³/mol. The highest BCUT2D eigenvalue weighted by Crippen LogP contribution is 2.55. The molecule has 3 heteroatoms. The van der Waals surface area contributed by atoms with Crippen molar-refractivity contribution in [3.8, 4) is 22.4 Å². The highest BCUT2D eigenvalue weighted by atomic mass is 19.1. The molecule has 1 aliphatic rings. The van der Waals surface area contributed by atoms with E-state index in [1.54, 1.807) is 11.6 Å². The van der Waals surface area contributed by atoms with Crippen LogP contribution in [-0.4, -0.2) is 0 Å². The van der Waals surface area contributed by atoms with Gasteiger partial charge >= 0.3 is 0 Å². The minimum absolute atomic E-state index is 0.295. The minimum Gasteiger partial charge on any atom is -0.238 e. The summed E-state index contributed by atoms with van der Waals surface area (Å²) in [5.74, 6) is -0.740. The van der Waals surface area contributed by atoms with Gasteiger partial charge in [0.15, 0.2) is 11.9 Å². The van der Waals surface area contributed by atoms with Crippen molar-refractivity contribution >= 4 is 5.69 Å². The summed E-state index contributed by atoms with van der Waals surface area (Å²) in [6.07, 6.45) is 1.36. The fourth-order valence-corrected chi connectivity index (χ4v) is 4.42. The minimum atomic E-state index is -2.52. The van der Waals surface area contributed by atoms with Crippen LogP contribution in [0.4, 0.5) is 10.1 Å². The fraction of sp³-hybridized carbons (Fsp3) is 0.250. The molecule has 0 spiro atoms. The van der Waals surface area contributed by atoms with Crippen molar-refractivity contribution in [3.05, 3.63) is 82.1 Å². The molecular formula is C24H22FN2+. The summed E-state index contributed by atoms with van der Waals surface area (Å²) >= 11 is 0. The number of rotatable bonds is 1. The van der Waals surface area contributed by atoms with Crippen LogP contribution in [0.25, 0.3) is 27.2 Å². The predicted octanol–water partition coefficient (Wildman–Crippen LogP) is 5.79. The van der Waals surface area contributed by atoms with Crippen LogP contribution in [0.15, 0.2) is 42.6 Å².